The third-order valence-corrected chi connectivity index (χ3v) is 29.5. The molecule has 0 spiro atoms. The Balaban J connectivity index is 0.788. The first kappa shape index (κ1) is 65.6. The Hall–Kier alpha value is -12.8. The van der Waals surface area contributed by atoms with Gasteiger partial charge in [0.2, 0.25) is 0 Å². The van der Waals surface area contributed by atoms with Crippen LogP contribution in [-0.2, 0) is 0 Å². The van der Waals surface area contributed by atoms with Crippen molar-refractivity contribution >= 4 is 120 Å². The molecule has 6 unspecified atom stereocenters. The van der Waals surface area contributed by atoms with Crippen molar-refractivity contribution in [3.8, 4) is 77.9 Å². The molecule has 0 radical (unpaired) electrons. The molecular formula is C108H84B2N6. The molecule has 0 amide bonds. The molecule has 13 aliphatic rings. The quantitative estimate of drug-likeness (QED) is 0.123. The number of nitrogens with one attached hydrogen (secondary N) is 1. The van der Waals surface area contributed by atoms with E-state index < -0.39 is 0 Å². The Morgan fingerprint density at radius 1 is 0.267 bits per heavy atom. The van der Waals surface area contributed by atoms with E-state index in [-0.39, 0.29) is 13.4 Å². The standard InChI is InChI=1S/C108H84B2N6/c1-8-29-68(30-9-1)80-43-26-44-81(69-31-10-2-11-32-69)101(80)103-96(112-76-54-66-53-67(56-76)57-77(112)55-66)65-99-105-106(103)111-91-64-94-90(63-89(91)109(105)87-49-22-24-51-92(87)116(99)108-84(72-37-16-5-17-38-72)47-28-48-85(108)73-39-18-6-19-40-73)110-88-50-23-25-52-93(88)115(107-82(70-33-12-3-13-34-70)45-27-46-83(107)71-35-14-4-15-36-71)98-62-79(61-97(104(98)110)114(94)75-41-20-7-21-42-75)113-78-58-74-59-95(113)102-86(60-78)100(74)102/h1-52,61-67,74,76-78,86,95,100,102,111H,53-60H2. The van der Waals surface area contributed by atoms with Gasteiger partial charge in [-0.25, -0.2) is 0 Å². The van der Waals surface area contributed by atoms with Gasteiger partial charge in [0.05, 0.1) is 11.4 Å². The van der Waals surface area contributed by atoms with Gasteiger partial charge in [-0.3, -0.25) is 0 Å². The maximum absolute atomic E-state index is 4.76. The summed E-state index contributed by atoms with van der Waals surface area (Å²) in [6.45, 7) is -0.398. The molecule has 5 aliphatic carbocycles. The molecule has 15 aromatic carbocycles. The van der Waals surface area contributed by atoms with Gasteiger partial charge in [-0.05, 0) is 213 Å². The van der Waals surface area contributed by atoms with Crippen LogP contribution in [0.4, 0.5) is 73.9 Å². The Morgan fingerprint density at radius 2 is 0.690 bits per heavy atom. The van der Waals surface area contributed by atoms with E-state index in [1.165, 1.54) is 225 Å². The first-order chi connectivity index (χ1) is 57.6. The number of hydrogen-bond donors (Lipinski definition) is 1. The van der Waals surface area contributed by atoms with Crippen molar-refractivity contribution in [1.82, 2.24) is 0 Å². The van der Waals surface area contributed by atoms with Gasteiger partial charge in [-0.1, -0.05) is 297 Å². The first-order valence-corrected chi connectivity index (χ1v) is 42.8. The minimum Gasteiger partial charge on any atom is -0.365 e. The van der Waals surface area contributed by atoms with E-state index in [1.807, 2.05) is 0 Å². The summed E-state index contributed by atoms with van der Waals surface area (Å²) in [6.07, 6.45) is 10.1. The second-order valence-corrected chi connectivity index (χ2v) is 35.3. The maximum Gasteiger partial charge on any atom is 0.252 e. The van der Waals surface area contributed by atoms with Crippen molar-refractivity contribution in [2.75, 3.05) is 29.8 Å². The van der Waals surface area contributed by atoms with Crippen LogP contribution < -0.4 is 62.6 Å². The van der Waals surface area contributed by atoms with Crippen LogP contribution in [0.15, 0.2) is 346 Å². The monoisotopic (exact) mass is 1490 g/mol. The number of hydrogen-bond acceptors (Lipinski definition) is 6. The molecule has 1 N–H and O–H groups in total. The number of para-hydroxylation sites is 5. The van der Waals surface area contributed by atoms with Crippen molar-refractivity contribution in [2.24, 2.45) is 35.5 Å². The molecule has 6 atom stereocenters. The summed E-state index contributed by atoms with van der Waals surface area (Å²) in [6, 6.07) is 135. The minimum atomic E-state index is -0.231. The summed E-state index contributed by atoms with van der Waals surface area (Å²) in [7, 11) is 0. The zero-order chi connectivity index (χ0) is 75.5. The van der Waals surface area contributed by atoms with Crippen molar-refractivity contribution < 1.29 is 0 Å². The van der Waals surface area contributed by atoms with Gasteiger partial charge in [0, 0.05) is 120 Å². The Labute approximate surface area is 680 Å². The number of benzene rings is 15. The third-order valence-electron chi connectivity index (χ3n) is 29.5. The minimum absolute atomic E-state index is 0.167. The van der Waals surface area contributed by atoms with Crippen molar-refractivity contribution in [1.29, 1.82) is 0 Å². The lowest BCUT2D eigenvalue weighted by molar-refractivity contribution is 0.0901. The molecule has 4 saturated heterocycles. The van der Waals surface area contributed by atoms with Crippen LogP contribution in [0.25, 0.3) is 77.9 Å². The van der Waals surface area contributed by atoms with Crippen LogP contribution in [0.1, 0.15) is 51.4 Å². The normalized spacial score (nSPS) is 22.3. The van der Waals surface area contributed by atoms with E-state index in [1.54, 1.807) is 0 Å². The average Bonchev–Trinajstić information content (AvgIpc) is 1.52. The lowest BCUT2D eigenvalue weighted by atomic mass is 9.30. The number of anilines is 13. The topological polar surface area (TPSA) is 28.2 Å². The van der Waals surface area contributed by atoms with Gasteiger partial charge in [-0.15, -0.1) is 0 Å². The van der Waals surface area contributed by atoms with Gasteiger partial charge in [0.1, 0.15) is 0 Å². The highest BCUT2D eigenvalue weighted by molar-refractivity contribution is 7.03. The summed E-state index contributed by atoms with van der Waals surface area (Å²) in [4.78, 5) is 14.3. The molecule has 552 valence electrons. The average molecular weight is 1490 g/mol. The zero-order valence-corrected chi connectivity index (χ0v) is 64.7. The molecular weight excluding hydrogens is 1400 g/mol. The van der Waals surface area contributed by atoms with Crippen LogP contribution in [0.5, 0.6) is 0 Å². The number of fused-ring (bicyclic) bond motifs is 8. The molecule has 15 aromatic rings. The SMILES string of the molecule is c1ccc(-c2cccc(-c3ccccc3)c2-c2c(N3C4CC5CC(C4)CC3C5)cc3c4c2Nc2cc5c(cc2B4c2ccccc2N3c2c(-c3ccccc3)cccc2-c2ccccc2)B2c3ccccc3N(c3c(-c4ccccc4)cccc3-c3ccccc3)c3cc(N4C6CC7CC4C4C(C6)C74)cc(c32)N5c2ccccc2)cc1. The van der Waals surface area contributed by atoms with E-state index in [4.69, 9.17) is 5.32 Å². The van der Waals surface area contributed by atoms with Gasteiger partial charge < -0.3 is 29.8 Å². The van der Waals surface area contributed by atoms with Crippen LogP contribution in [-0.4, -0.2) is 37.6 Å². The molecule has 8 heterocycles. The summed E-state index contributed by atoms with van der Waals surface area (Å²) < 4.78 is 0. The highest BCUT2D eigenvalue weighted by Crippen LogP contribution is 2.72. The second kappa shape index (κ2) is 25.4. The van der Waals surface area contributed by atoms with Crippen molar-refractivity contribution in [3.05, 3.63) is 346 Å². The Kier molecular flexibility index (Phi) is 14.3. The van der Waals surface area contributed by atoms with Crippen LogP contribution >= 0.6 is 0 Å². The predicted octanol–water partition coefficient (Wildman–Crippen LogP) is 22.8. The van der Waals surface area contributed by atoms with Gasteiger partial charge in [0.15, 0.2) is 0 Å². The molecule has 8 aliphatic heterocycles. The van der Waals surface area contributed by atoms with Crippen LogP contribution in [0, 0.1) is 35.5 Å². The molecule has 8 bridgehead atoms. The highest BCUT2D eigenvalue weighted by Gasteiger charge is 2.71. The lowest BCUT2D eigenvalue weighted by Gasteiger charge is -2.58. The summed E-state index contributed by atoms with van der Waals surface area (Å²) in [5.74, 6) is 4.88. The largest absolute Gasteiger partial charge is 0.365 e. The number of rotatable bonds is 12. The number of nitrogens with zero attached hydrogens (tertiary/aromatic N) is 5. The molecule has 5 saturated carbocycles. The fourth-order valence-electron chi connectivity index (χ4n) is 25.5. The second-order valence-electron chi connectivity index (χ2n) is 35.3. The van der Waals surface area contributed by atoms with E-state index in [0.717, 1.165) is 46.9 Å². The molecule has 28 rings (SSSR count). The summed E-state index contributed by atoms with van der Waals surface area (Å²) in [5.41, 5.74) is 40.8. The molecule has 0 aromatic heterocycles. The van der Waals surface area contributed by atoms with E-state index in [9.17, 15) is 0 Å². The Morgan fingerprint density at radius 3 is 1.18 bits per heavy atom. The van der Waals surface area contributed by atoms with E-state index in [2.05, 4.69) is 370 Å². The molecule has 9 fully saturated rings. The fraction of sp³-hybridized carbons (Fsp3) is 0.167. The number of piperidine rings is 4. The first-order valence-electron chi connectivity index (χ1n) is 42.8. The maximum atomic E-state index is 4.76. The highest BCUT2D eigenvalue weighted by atomic mass is 15.3. The van der Waals surface area contributed by atoms with Gasteiger partial charge in [-0.2, -0.15) is 0 Å². The third kappa shape index (κ3) is 9.61. The summed E-state index contributed by atoms with van der Waals surface area (Å²) >= 11 is 0. The molecule has 116 heavy (non-hydrogen) atoms. The van der Waals surface area contributed by atoms with Crippen molar-refractivity contribution in [2.45, 2.75) is 75.5 Å². The van der Waals surface area contributed by atoms with E-state index >= 15 is 0 Å². The smallest absolute Gasteiger partial charge is 0.252 e. The fourth-order valence-corrected chi connectivity index (χ4v) is 25.5. The van der Waals surface area contributed by atoms with Gasteiger partial charge >= 0.3 is 0 Å². The van der Waals surface area contributed by atoms with Crippen LogP contribution in [0.2, 0.25) is 0 Å². The van der Waals surface area contributed by atoms with Crippen LogP contribution in [0.3, 0.4) is 0 Å². The summed E-state index contributed by atoms with van der Waals surface area (Å²) in [5, 5.41) is 4.76. The van der Waals surface area contributed by atoms with Gasteiger partial charge in [0.25, 0.3) is 13.4 Å². The molecule has 8 heteroatoms. The van der Waals surface area contributed by atoms with E-state index in [0.29, 0.717) is 24.2 Å². The lowest BCUT2D eigenvalue weighted by Crippen LogP contribution is -2.65. The molecule has 6 nitrogen and oxygen atoms in total. The Bertz CT molecular complexity index is 6320. The van der Waals surface area contributed by atoms with Crippen molar-refractivity contribution in [3.63, 3.8) is 0 Å². The predicted molar refractivity (Wildman–Crippen MR) is 486 cm³/mol. The zero-order valence-electron chi connectivity index (χ0n) is 64.7.